The van der Waals surface area contributed by atoms with Crippen molar-refractivity contribution in [2.75, 3.05) is 31.1 Å². The van der Waals surface area contributed by atoms with Crippen LogP contribution in [0.5, 0.6) is 0 Å². The number of aromatic nitrogens is 2. The lowest BCUT2D eigenvalue weighted by atomic mass is 10.2. The number of hydrogen-bond donors (Lipinski definition) is 0. The van der Waals surface area contributed by atoms with Gasteiger partial charge in [0.2, 0.25) is 0 Å². The van der Waals surface area contributed by atoms with Crippen molar-refractivity contribution in [3.63, 3.8) is 0 Å². The Bertz CT molecular complexity index is 465. The smallest absolute Gasteiger partial charge is 0.134 e. The number of halogens is 1. The Morgan fingerprint density at radius 2 is 2.10 bits per heavy atom. The maximum absolute atomic E-state index is 6.17. The lowest BCUT2D eigenvalue weighted by molar-refractivity contribution is 0.273. The van der Waals surface area contributed by atoms with Gasteiger partial charge in [-0.25, -0.2) is 9.97 Å². The third kappa shape index (κ3) is 3.07. The minimum atomic E-state index is 0.575. The molecule has 0 saturated carbocycles. The first-order valence-electron chi connectivity index (χ1n) is 7.78. The Hall–Kier alpha value is -0.870. The van der Waals surface area contributed by atoms with Gasteiger partial charge in [-0.1, -0.05) is 18.5 Å². The van der Waals surface area contributed by atoms with Gasteiger partial charge in [-0.05, 0) is 32.2 Å². The Balaban J connectivity index is 1.80. The molecule has 2 fully saturated rings. The third-order valence-corrected chi connectivity index (χ3v) is 4.52. The van der Waals surface area contributed by atoms with E-state index < -0.39 is 0 Å². The van der Waals surface area contributed by atoms with Crippen molar-refractivity contribution in [2.45, 2.75) is 45.1 Å². The maximum Gasteiger partial charge on any atom is 0.134 e. The highest BCUT2D eigenvalue weighted by Crippen LogP contribution is 2.25. The Morgan fingerprint density at radius 1 is 1.25 bits per heavy atom. The van der Waals surface area contributed by atoms with Crippen LogP contribution in [0, 0.1) is 0 Å². The number of rotatable bonds is 3. The van der Waals surface area contributed by atoms with Crippen molar-refractivity contribution in [1.29, 1.82) is 0 Å². The molecule has 2 aliphatic rings. The van der Waals surface area contributed by atoms with Crippen molar-refractivity contribution in [1.82, 2.24) is 14.9 Å². The summed E-state index contributed by atoms with van der Waals surface area (Å²) in [5.74, 6) is 1.89. The summed E-state index contributed by atoms with van der Waals surface area (Å²) in [6.07, 6.45) is 5.82. The molecule has 0 bridgehead atoms. The molecule has 0 amide bonds. The average Bonchev–Trinajstić information content (AvgIpc) is 2.75. The summed E-state index contributed by atoms with van der Waals surface area (Å²) in [4.78, 5) is 14.1. The molecular formula is C15H23ClN4. The van der Waals surface area contributed by atoms with Gasteiger partial charge in [0.25, 0.3) is 0 Å². The van der Waals surface area contributed by atoms with E-state index in [0.29, 0.717) is 11.2 Å². The summed E-state index contributed by atoms with van der Waals surface area (Å²) in [6, 6.07) is 2.62. The minimum absolute atomic E-state index is 0.575. The molecule has 5 heteroatoms. The predicted octanol–water partition coefficient (Wildman–Crippen LogP) is 2.76. The first kappa shape index (κ1) is 14.1. The highest BCUT2D eigenvalue weighted by molar-refractivity contribution is 6.29. The van der Waals surface area contributed by atoms with Gasteiger partial charge in [0.1, 0.15) is 16.8 Å². The highest BCUT2D eigenvalue weighted by Gasteiger charge is 2.29. The molecule has 0 spiro atoms. The molecule has 0 radical (unpaired) electrons. The summed E-state index contributed by atoms with van der Waals surface area (Å²) < 4.78 is 0. The van der Waals surface area contributed by atoms with E-state index in [2.05, 4.69) is 21.7 Å². The van der Waals surface area contributed by atoms with Crippen molar-refractivity contribution in [3.05, 3.63) is 17.0 Å². The van der Waals surface area contributed by atoms with E-state index in [0.717, 1.165) is 37.6 Å². The van der Waals surface area contributed by atoms with Crippen LogP contribution in [0.2, 0.25) is 5.15 Å². The van der Waals surface area contributed by atoms with E-state index in [1.807, 2.05) is 6.07 Å². The lowest BCUT2D eigenvalue weighted by Gasteiger charge is -2.26. The number of aryl methyl sites for hydroxylation is 1. The van der Waals surface area contributed by atoms with Gasteiger partial charge in [0.15, 0.2) is 0 Å². The van der Waals surface area contributed by atoms with Crippen molar-refractivity contribution in [2.24, 2.45) is 0 Å². The SMILES string of the molecule is CCCc1nc(Cl)cc(N2CCCN3CCCC3C2)n1. The van der Waals surface area contributed by atoms with Crippen LogP contribution in [0.4, 0.5) is 5.82 Å². The molecule has 2 aliphatic heterocycles. The summed E-state index contributed by atoms with van der Waals surface area (Å²) in [6.45, 7) is 6.79. The number of fused-ring (bicyclic) bond motifs is 1. The molecule has 0 aromatic carbocycles. The second kappa shape index (κ2) is 6.27. The van der Waals surface area contributed by atoms with Gasteiger partial charge in [0, 0.05) is 38.2 Å². The first-order valence-corrected chi connectivity index (χ1v) is 8.16. The van der Waals surface area contributed by atoms with Gasteiger partial charge in [-0.15, -0.1) is 0 Å². The molecule has 4 nitrogen and oxygen atoms in total. The summed E-state index contributed by atoms with van der Waals surface area (Å²) in [5.41, 5.74) is 0. The molecule has 0 N–H and O–H groups in total. The molecular weight excluding hydrogens is 272 g/mol. The van der Waals surface area contributed by atoms with Crippen molar-refractivity contribution >= 4 is 17.4 Å². The second-order valence-corrected chi connectivity index (χ2v) is 6.23. The Labute approximate surface area is 126 Å². The maximum atomic E-state index is 6.17. The van der Waals surface area contributed by atoms with E-state index >= 15 is 0 Å². The zero-order chi connectivity index (χ0) is 13.9. The molecule has 110 valence electrons. The van der Waals surface area contributed by atoms with Crippen LogP contribution < -0.4 is 4.90 Å². The molecule has 3 heterocycles. The zero-order valence-electron chi connectivity index (χ0n) is 12.2. The van der Waals surface area contributed by atoms with Crippen LogP contribution in [-0.4, -0.2) is 47.1 Å². The van der Waals surface area contributed by atoms with Crippen molar-refractivity contribution < 1.29 is 0 Å². The highest BCUT2D eigenvalue weighted by atomic mass is 35.5. The number of anilines is 1. The normalized spacial score (nSPS) is 23.7. The number of hydrogen-bond acceptors (Lipinski definition) is 4. The molecule has 20 heavy (non-hydrogen) atoms. The fourth-order valence-corrected chi connectivity index (χ4v) is 3.56. The standard InChI is InChI=1S/C15H23ClN4/c1-2-5-14-17-13(16)10-15(18-14)20-9-4-8-19-7-3-6-12(19)11-20/h10,12H,2-9,11H2,1H3. The van der Waals surface area contributed by atoms with Crippen LogP contribution in [0.25, 0.3) is 0 Å². The van der Waals surface area contributed by atoms with E-state index in [4.69, 9.17) is 16.6 Å². The minimum Gasteiger partial charge on any atom is -0.355 e. The third-order valence-electron chi connectivity index (χ3n) is 4.33. The summed E-state index contributed by atoms with van der Waals surface area (Å²) in [5, 5.41) is 0.575. The van der Waals surface area contributed by atoms with E-state index in [9.17, 15) is 0 Å². The largest absolute Gasteiger partial charge is 0.355 e. The van der Waals surface area contributed by atoms with E-state index in [-0.39, 0.29) is 0 Å². The van der Waals surface area contributed by atoms with E-state index in [1.54, 1.807) is 0 Å². The quantitative estimate of drug-likeness (QED) is 0.803. The lowest BCUT2D eigenvalue weighted by Crippen LogP contribution is -2.37. The molecule has 0 aliphatic carbocycles. The van der Waals surface area contributed by atoms with Gasteiger partial charge in [-0.3, -0.25) is 4.90 Å². The first-order chi connectivity index (χ1) is 9.76. The van der Waals surface area contributed by atoms with Gasteiger partial charge < -0.3 is 4.90 Å². The molecule has 1 aromatic heterocycles. The molecule has 3 rings (SSSR count). The fraction of sp³-hybridized carbons (Fsp3) is 0.733. The van der Waals surface area contributed by atoms with Crippen LogP contribution in [0.3, 0.4) is 0 Å². The van der Waals surface area contributed by atoms with Gasteiger partial charge >= 0.3 is 0 Å². The fourth-order valence-electron chi connectivity index (χ4n) is 3.36. The Kier molecular flexibility index (Phi) is 4.41. The molecule has 1 atom stereocenters. The monoisotopic (exact) mass is 294 g/mol. The Morgan fingerprint density at radius 3 is 2.95 bits per heavy atom. The molecule has 1 unspecified atom stereocenters. The van der Waals surface area contributed by atoms with Crippen LogP contribution >= 0.6 is 11.6 Å². The second-order valence-electron chi connectivity index (χ2n) is 5.85. The van der Waals surface area contributed by atoms with E-state index in [1.165, 1.54) is 32.4 Å². The van der Waals surface area contributed by atoms with Crippen LogP contribution in [0.1, 0.15) is 38.4 Å². The summed E-state index contributed by atoms with van der Waals surface area (Å²) in [7, 11) is 0. The summed E-state index contributed by atoms with van der Waals surface area (Å²) >= 11 is 6.17. The predicted molar refractivity (Wildman–Crippen MR) is 82.5 cm³/mol. The van der Waals surface area contributed by atoms with Gasteiger partial charge in [-0.2, -0.15) is 0 Å². The zero-order valence-corrected chi connectivity index (χ0v) is 12.9. The van der Waals surface area contributed by atoms with Crippen molar-refractivity contribution in [3.8, 4) is 0 Å². The molecule has 1 aromatic rings. The topological polar surface area (TPSA) is 32.3 Å². The number of nitrogens with zero attached hydrogens (tertiary/aromatic N) is 4. The van der Waals surface area contributed by atoms with Crippen LogP contribution in [0.15, 0.2) is 6.07 Å². The van der Waals surface area contributed by atoms with Gasteiger partial charge in [0.05, 0.1) is 0 Å². The molecule has 2 saturated heterocycles. The average molecular weight is 295 g/mol. The van der Waals surface area contributed by atoms with Crippen LogP contribution in [-0.2, 0) is 6.42 Å².